The molecule has 0 spiro atoms. The lowest BCUT2D eigenvalue weighted by Crippen LogP contribution is -2.08. The van der Waals surface area contributed by atoms with E-state index in [0.29, 0.717) is 116 Å². The monoisotopic (exact) mass is 1080 g/mol. The van der Waals surface area contributed by atoms with Gasteiger partial charge in [0.1, 0.15) is 0 Å². The largest absolute Gasteiger partial charge is 0.416 e. The van der Waals surface area contributed by atoms with Crippen LogP contribution in [0.25, 0.3) is 135 Å². The third kappa shape index (κ3) is 8.57. The minimum absolute atomic E-state index is 0.133. The number of fused-ring (bicyclic) bond motifs is 6. The van der Waals surface area contributed by atoms with Crippen LogP contribution in [0.2, 0.25) is 0 Å². The van der Waals surface area contributed by atoms with Gasteiger partial charge in [-0.1, -0.05) is 72.8 Å². The Morgan fingerprint density at radius 2 is 0.714 bits per heavy atom. The number of hydrogen-bond acceptors (Lipinski definition) is 4. The fraction of sp³-hybridized carbons (Fsp3) is 0.0143. The van der Waals surface area contributed by atoms with Crippen LogP contribution in [0.3, 0.4) is 0 Å². The van der Waals surface area contributed by atoms with Gasteiger partial charge in [-0.25, -0.2) is 24.2 Å². The Labute approximate surface area is 477 Å². The molecule has 2 heterocycles. The zero-order chi connectivity index (χ0) is 58.6. The number of halogens is 3. The van der Waals surface area contributed by atoms with E-state index in [9.17, 15) is 21.0 Å². The molecule has 0 aliphatic heterocycles. The molecular weight excluding hydrogens is 1050 g/mol. The van der Waals surface area contributed by atoms with Crippen LogP contribution < -0.4 is 0 Å². The van der Waals surface area contributed by atoms with Gasteiger partial charge < -0.3 is 9.13 Å². The van der Waals surface area contributed by atoms with Crippen molar-refractivity contribution >= 4 is 72.0 Å². The van der Waals surface area contributed by atoms with Gasteiger partial charge in [-0.15, -0.1) is 0 Å². The van der Waals surface area contributed by atoms with Gasteiger partial charge in [0, 0.05) is 60.6 Å². The molecule has 10 aromatic carbocycles. The molecule has 386 valence electrons. The fourth-order valence-corrected chi connectivity index (χ4v) is 11.1. The number of nitrogens with zero attached hydrogens (tertiary/aromatic N) is 11. The second-order valence-corrected chi connectivity index (χ2v) is 19.5. The number of rotatable bonds is 7. The Morgan fingerprint density at radius 1 is 0.333 bits per heavy atom. The van der Waals surface area contributed by atoms with Crippen molar-refractivity contribution < 1.29 is 13.2 Å². The fourth-order valence-electron chi connectivity index (χ4n) is 11.1. The molecule has 0 aliphatic carbocycles. The summed E-state index contributed by atoms with van der Waals surface area (Å²) in [6.45, 7) is 39.5. The third-order valence-corrected chi connectivity index (χ3v) is 15.0. The number of nitriles is 4. The van der Waals surface area contributed by atoms with Crippen molar-refractivity contribution in [1.29, 1.82) is 21.0 Å². The summed E-state index contributed by atoms with van der Waals surface area (Å²) in [4.78, 5) is 18.3. The molecule has 0 saturated carbocycles. The summed E-state index contributed by atoms with van der Waals surface area (Å²) >= 11 is 0. The van der Waals surface area contributed by atoms with Crippen LogP contribution in [0.15, 0.2) is 182 Å². The minimum Gasteiger partial charge on any atom is -0.310 e. The van der Waals surface area contributed by atoms with Crippen molar-refractivity contribution in [2.45, 2.75) is 6.18 Å². The quantitative estimate of drug-likeness (QED) is 0.147. The molecule has 0 fully saturated rings. The molecule has 14 heteroatoms. The van der Waals surface area contributed by atoms with E-state index in [1.807, 2.05) is 81.9 Å². The topological polar surface area (TPSA) is 127 Å². The Kier molecular flexibility index (Phi) is 12.5. The number of benzene rings is 10. The number of hydrogen-bond donors (Lipinski definition) is 0. The van der Waals surface area contributed by atoms with Crippen LogP contribution in [0.1, 0.15) is 27.8 Å². The van der Waals surface area contributed by atoms with Crippen LogP contribution >= 0.6 is 0 Å². The molecule has 0 N–H and O–H groups in total. The Balaban J connectivity index is 1.16. The average Bonchev–Trinajstić information content (AvgIpc) is 2.63. The van der Waals surface area contributed by atoms with Gasteiger partial charge in [-0.05, 0) is 154 Å². The SMILES string of the molecule is [C-]#[N+]c1ccc(-c2ccc3c(c2)c2cc(-c4ccc(C#N)cc4[N+]#[C-])ccc2n3-c2ccc(C(F)(F)F)cc2-c2ccc([N+]#[C-])cc2-n2c3ccc(-c4ccc([N+]#[C-])cc4C#N)cc3c3cc(-c4ccc(C#N)cc4[N+]#[C-])ccc32)c(C#N)c1. The smallest absolute Gasteiger partial charge is 0.310 e. The first kappa shape index (κ1) is 51.7. The van der Waals surface area contributed by atoms with Crippen molar-refractivity contribution in [2.24, 2.45) is 0 Å². The van der Waals surface area contributed by atoms with Crippen LogP contribution in [0.4, 0.5) is 41.6 Å². The molecule has 0 atom stereocenters. The van der Waals surface area contributed by atoms with E-state index in [1.54, 1.807) is 66.7 Å². The highest BCUT2D eigenvalue weighted by Gasteiger charge is 2.33. The lowest BCUT2D eigenvalue weighted by molar-refractivity contribution is -0.137. The van der Waals surface area contributed by atoms with E-state index in [2.05, 4.69) is 48.5 Å². The zero-order valence-electron chi connectivity index (χ0n) is 43.4. The molecule has 12 aromatic rings. The Morgan fingerprint density at radius 3 is 1.10 bits per heavy atom. The molecule has 84 heavy (non-hydrogen) atoms. The Bertz CT molecular complexity index is 5060. The van der Waals surface area contributed by atoms with Crippen LogP contribution in [-0.4, -0.2) is 9.13 Å². The van der Waals surface area contributed by atoms with Gasteiger partial charge >= 0.3 is 6.18 Å². The van der Waals surface area contributed by atoms with Crippen molar-refractivity contribution in [3.8, 4) is 91.3 Å². The summed E-state index contributed by atoms with van der Waals surface area (Å²) in [6.07, 6.45) is -4.82. The lowest BCUT2D eigenvalue weighted by Gasteiger charge is -2.21. The van der Waals surface area contributed by atoms with E-state index in [-0.39, 0.29) is 45.1 Å². The normalized spacial score (nSPS) is 10.9. The van der Waals surface area contributed by atoms with Crippen molar-refractivity contribution in [3.05, 3.63) is 267 Å². The maximum Gasteiger partial charge on any atom is 0.416 e. The van der Waals surface area contributed by atoms with E-state index in [4.69, 9.17) is 32.9 Å². The summed E-state index contributed by atoms with van der Waals surface area (Å²) in [7, 11) is 0. The van der Waals surface area contributed by atoms with Crippen LogP contribution in [0, 0.1) is 78.2 Å². The van der Waals surface area contributed by atoms with Gasteiger partial charge in [-0.2, -0.15) is 34.2 Å². The van der Waals surface area contributed by atoms with Crippen molar-refractivity contribution in [3.63, 3.8) is 0 Å². The summed E-state index contributed by atoms with van der Waals surface area (Å²) in [5.74, 6) is 0. The second-order valence-electron chi connectivity index (χ2n) is 19.5. The number of alkyl halides is 3. The first-order chi connectivity index (χ1) is 40.8. The molecule has 12 rings (SSSR count). The highest BCUT2D eigenvalue weighted by Crippen LogP contribution is 2.47. The number of aromatic nitrogens is 2. The van der Waals surface area contributed by atoms with E-state index in [1.165, 1.54) is 30.3 Å². The van der Waals surface area contributed by atoms with Gasteiger partial charge in [0.2, 0.25) is 0 Å². The molecule has 0 bridgehead atoms. The lowest BCUT2D eigenvalue weighted by atomic mass is 9.96. The minimum atomic E-state index is -4.82. The second kappa shape index (κ2) is 20.3. The predicted octanol–water partition coefficient (Wildman–Crippen LogP) is 19.5. The van der Waals surface area contributed by atoms with Gasteiger partial charge in [0.15, 0.2) is 28.4 Å². The zero-order valence-corrected chi connectivity index (χ0v) is 43.4. The first-order valence-electron chi connectivity index (χ1n) is 25.4. The highest BCUT2D eigenvalue weighted by atomic mass is 19.4. The maximum atomic E-state index is 15.4. The summed E-state index contributed by atoms with van der Waals surface area (Å²) in [5, 5.41) is 42.6. The van der Waals surface area contributed by atoms with E-state index >= 15 is 13.2 Å². The first-order valence-corrected chi connectivity index (χ1v) is 25.4. The predicted molar refractivity (Wildman–Crippen MR) is 317 cm³/mol. The molecule has 0 amide bonds. The molecule has 0 radical (unpaired) electrons. The molecule has 11 nitrogen and oxygen atoms in total. The summed E-state index contributed by atoms with van der Waals surface area (Å²) < 4.78 is 49.8. The summed E-state index contributed by atoms with van der Waals surface area (Å²) in [6, 6.07) is 58.4. The van der Waals surface area contributed by atoms with Crippen LogP contribution in [0.5, 0.6) is 0 Å². The third-order valence-electron chi connectivity index (χ3n) is 15.0. The molecule has 0 aliphatic rings. The standard InChI is InChI=1S/C70H30F3N11/c1-78-49-13-18-52(46(28-49)38-76)42-8-21-64-57(30-42)59-32-44(54-16-6-40(36-74)26-62(54)81-4)10-23-65(59)83(64)68-25-12-48(70(71,72)73)34-61(68)56-20-15-51(80-3)35-69(56)84-66-22-9-43(53-19-14-50(79-2)29-47(53)39-77)31-58(66)60-33-45(11-24-67(60)84)55-17-7-41(37-75)27-63(55)82-5/h6-35H. The summed E-state index contributed by atoms with van der Waals surface area (Å²) in [5.41, 5.74) is 9.46. The van der Waals surface area contributed by atoms with E-state index < -0.39 is 11.7 Å². The van der Waals surface area contributed by atoms with E-state index in [0.717, 1.165) is 12.1 Å². The van der Waals surface area contributed by atoms with Crippen molar-refractivity contribution in [2.75, 3.05) is 0 Å². The van der Waals surface area contributed by atoms with Gasteiger partial charge in [0.25, 0.3) is 0 Å². The molecule has 0 unspecified atom stereocenters. The highest BCUT2D eigenvalue weighted by molar-refractivity contribution is 6.14. The van der Waals surface area contributed by atoms with Crippen LogP contribution in [-0.2, 0) is 6.18 Å². The maximum absolute atomic E-state index is 15.4. The average molecular weight is 1080 g/mol. The van der Waals surface area contributed by atoms with Gasteiger partial charge in [0.05, 0.1) is 90.5 Å². The van der Waals surface area contributed by atoms with Gasteiger partial charge in [-0.3, -0.25) is 0 Å². The Hall–Kier alpha value is -13.0. The van der Waals surface area contributed by atoms with Crippen molar-refractivity contribution in [1.82, 2.24) is 9.13 Å². The molecule has 0 saturated heterocycles. The molecular formula is C70H30F3N11. The molecule has 2 aromatic heterocycles.